The van der Waals surface area contributed by atoms with E-state index < -0.39 is 12.0 Å². The lowest BCUT2D eigenvalue weighted by atomic mass is 9.97. The molecule has 0 saturated carbocycles. The quantitative estimate of drug-likeness (QED) is 0.492. The summed E-state index contributed by atoms with van der Waals surface area (Å²) < 4.78 is 4.89. The van der Waals surface area contributed by atoms with Crippen LogP contribution in [0.15, 0.2) is 48.6 Å². The summed E-state index contributed by atoms with van der Waals surface area (Å²) in [5.41, 5.74) is 0.425. The summed E-state index contributed by atoms with van der Waals surface area (Å²) >= 11 is 0. The molecule has 2 amide bonds. The number of fused-ring (bicyclic) bond motifs is 1. The molecule has 2 unspecified atom stereocenters. The van der Waals surface area contributed by atoms with E-state index in [0.717, 1.165) is 10.8 Å². The van der Waals surface area contributed by atoms with Crippen molar-refractivity contribution in [2.24, 2.45) is 5.92 Å². The summed E-state index contributed by atoms with van der Waals surface area (Å²) in [5, 5.41) is 17.0. The lowest BCUT2D eigenvalue weighted by Gasteiger charge is -2.18. The number of phenols is 1. The van der Waals surface area contributed by atoms with Gasteiger partial charge in [0.1, 0.15) is 5.75 Å². The third kappa shape index (κ3) is 5.34. The monoisotopic (exact) mass is 396 g/mol. The second-order valence-corrected chi connectivity index (χ2v) is 6.95. The van der Waals surface area contributed by atoms with Gasteiger partial charge in [0.2, 0.25) is 5.91 Å². The van der Waals surface area contributed by atoms with E-state index >= 15 is 0 Å². The average molecular weight is 396 g/mol. The molecule has 2 atom stereocenters. The Bertz CT molecular complexity index is 953. The maximum Gasteiger partial charge on any atom is 0.330 e. The van der Waals surface area contributed by atoms with Crippen LogP contribution < -0.4 is 10.6 Å². The van der Waals surface area contributed by atoms with Crippen LogP contribution in [0.25, 0.3) is 10.8 Å². The van der Waals surface area contributed by atoms with Crippen LogP contribution in [-0.2, 0) is 14.3 Å². The van der Waals surface area contributed by atoms with Crippen LogP contribution in [0, 0.1) is 5.92 Å². The molecular weight excluding hydrogens is 372 g/mol. The van der Waals surface area contributed by atoms with Crippen molar-refractivity contribution in [2.75, 3.05) is 13.2 Å². The van der Waals surface area contributed by atoms with Crippen molar-refractivity contribution in [3.63, 3.8) is 0 Å². The molecule has 3 N–H and O–H groups in total. The normalized spacial score (nSPS) is 17.3. The van der Waals surface area contributed by atoms with Crippen molar-refractivity contribution >= 4 is 28.6 Å². The van der Waals surface area contributed by atoms with Crippen molar-refractivity contribution < 1.29 is 24.2 Å². The number of hydrogen-bond acceptors (Lipinski definition) is 5. The Morgan fingerprint density at radius 3 is 2.79 bits per heavy atom. The molecule has 7 heteroatoms. The van der Waals surface area contributed by atoms with E-state index in [9.17, 15) is 19.5 Å². The van der Waals surface area contributed by atoms with Gasteiger partial charge in [0.15, 0.2) is 0 Å². The fourth-order valence-corrected chi connectivity index (χ4v) is 3.37. The first kappa shape index (κ1) is 20.4. The van der Waals surface area contributed by atoms with Gasteiger partial charge < -0.3 is 20.5 Å². The Hall–Kier alpha value is -3.35. The molecular formula is C22H24N2O5. The van der Waals surface area contributed by atoms with Crippen molar-refractivity contribution in [2.45, 2.75) is 25.8 Å². The fourth-order valence-electron chi connectivity index (χ4n) is 3.37. The lowest BCUT2D eigenvalue weighted by molar-refractivity contribution is -0.137. The van der Waals surface area contributed by atoms with Crippen molar-refractivity contribution in [1.82, 2.24) is 10.6 Å². The topological polar surface area (TPSA) is 105 Å². The molecule has 0 aromatic heterocycles. The molecule has 1 aliphatic rings. The number of carbonyl (C=O) groups excluding carboxylic acids is 3. The van der Waals surface area contributed by atoms with Crippen molar-refractivity contribution in [1.29, 1.82) is 0 Å². The molecule has 2 aromatic rings. The van der Waals surface area contributed by atoms with Gasteiger partial charge in [-0.25, -0.2) is 4.79 Å². The molecule has 0 aliphatic carbocycles. The first-order valence-corrected chi connectivity index (χ1v) is 9.62. The number of carbonyl (C=O) groups is 3. The Morgan fingerprint density at radius 1 is 1.28 bits per heavy atom. The van der Waals surface area contributed by atoms with Gasteiger partial charge in [0.25, 0.3) is 5.91 Å². The van der Waals surface area contributed by atoms with E-state index in [-0.39, 0.29) is 30.1 Å². The summed E-state index contributed by atoms with van der Waals surface area (Å²) in [5.74, 6) is -0.968. The highest BCUT2D eigenvalue weighted by Gasteiger charge is 2.27. The number of hydrogen-bond donors (Lipinski definition) is 3. The molecule has 2 aromatic carbocycles. The van der Waals surface area contributed by atoms with Crippen LogP contribution in [0.3, 0.4) is 0 Å². The minimum absolute atomic E-state index is 0.0463. The SMILES string of the molecule is CCOC(=O)/C=C/C(CC1CCNC1=O)NC(=O)c1ccc2ccc(O)cc2c1. The van der Waals surface area contributed by atoms with Gasteiger partial charge in [0, 0.05) is 30.1 Å². The number of amides is 2. The number of ether oxygens (including phenoxy) is 1. The van der Waals surface area contributed by atoms with Gasteiger partial charge in [-0.2, -0.15) is 0 Å². The number of benzene rings is 2. The molecule has 1 aliphatic heterocycles. The molecule has 152 valence electrons. The molecule has 1 saturated heterocycles. The molecule has 29 heavy (non-hydrogen) atoms. The smallest absolute Gasteiger partial charge is 0.330 e. The van der Waals surface area contributed by atoms with E-state index in [0.29, 0.717) is 24.9 Å². The average Bonchev–Trinajstić information content (AvgIpc) is 3.10. The Labute approximate surface area is 168 Å². The van der Waals surface area contributed by atoms with Gasteiger partial charge in [-0.05, 0) is 54.8 Å². The fraction of sp³-hybridized carbons (Fsp3) is 0.318. The molecule has 0 spiro atoms. The van der Waals surface area contributed by atoms with Crippen LogP contribution >= 0.6 is 0 Å². The van der Waals surface area contributed by atoms with Gasteiger partial charge in [-0.1, -0.05) is 18.2 Å². The highest BCUT2D eigenvalue weighted by atomic mass is 16.5. The summed E-state index contributed by atoms with van der Waals surface area (Å²) in [4.78, 5) is 36.4. The number of aromatic hydroxyl groups is 1. The second-order valence-electron chi connectivity index (χ2n) is 6.95. The molecule has 1 fully saturated rings. The van der Waals surface area contributed by atoms with Crippen LogP contribution in [0.2, 0.25) is 0 Å². The Balaban J connectivity index is 1.77. The van der Waals surface area contributed by atoms with E-state index in [2.05, 4.69) is 10.6 Å². The third-order valence-electron chi connectivity index (χ3n) is 4.85. The van der Waals surface area contributed by atoms with Crippen LogP contribution in [-0.4, -0.2) is 42.1 Å². The second kappa shape index (κ2) is 9.23. The predicted molar refractivity (Wildman–Crippen MR) is 108 cm³/mol. The molecule has 7 nitrogen and oxygen atoms in total. The number of nitrogens with one attached hydrogen (secondary N) is 2. The molecule has 3 rings (SSSR count). The minimum Gasteiger partial charge on any atom is -0.508 e. The first-order valence-electron chi connectivity index (χ1n) is 9.62. The maximum atomic E-state index is 12.8. The molecule has 0 bridgehead atoms. The van der Waals surface area contributed by atoms with Gasteiger partial charge in [-0.3, -0.25) is 9.59 Å². The van der Waals surface area contributed by atoms with E-state index in [1.54, 1.807) is 49.4 Å². The van der Waals surface area contributed by atoms with Gasteiger partial charge in [-0.15, -0.1) is 0 Å². The summed E-state index contributed by atoms with van der Waals surface area (Å²) in [6.45, 7) is 2.58. The highest BCUT2D eigenvalue weighted by molar-refractivity contribution is 5.99. The molecule has 0 radical (unpaired) electrons. The largest absolute Gasteiger partial charge is 0.508 e. The Morgan fingerprint density at radius 2 is 2.07 bits per heavy atom. The van der Waals surface area contributed by atoms with Crippen molar-refractivity contribution in [3.05, 3.63) is 54.1 Å². The van der Waals surface area contributed by atoms with Crippen molar-refractivity contribution in [3.8, 4) is 5.75 Å². The number of phenolic OH excluding ortho intramolecular Hbond substituents is 1. The standard InChI is InChI=1S/C22H24N2O5/c1-2-29-20(26)8-6-18(12-16-9-10-23-21(16)27)24-22(28)15-4-3-14-5-7-19(25)13-17(14)11-15/h3-8,11,13,16,18,25H,2,9-10,12H2,1H3,(H,23,27)(H,24,28)/b8-6+. The maximum absolute atomic E-state index is 12.8. The lowest BCUT2D eigenvalue weighted by Crippen LogP contribution is -2.36. The van der Waals surface area contributed by atoms with Gasteiger partial charge >= 0.3 is 5.97 Å². The summed E-state index contributed by atoms with van der Waals surface area (Å²) in [6.07, 6.45) is 3.92. The van der Waals surface area contributed by atoms with Crippen LogP contribution in [0.5, 0.6) is 5.75 Å². The minimum atomic E-state index is -0.499. The van der Waals surface area contributed by atoms with E-state index in [4.69, 9.17) is 4.74 Å². The number of esters is 1. The highest BCUT2D eigenvalue weighted by Crippen LogP contribution is 2.22. The third-order valence-corrected chi connectivity index (χ3v) is 4.85. The first-order chi connectivity index (χ1) is 14.0. The van der Waals surface area contributed by atoms with E-state index in [1.165, 1.54) is 6.08 Å². The predicted octanol–water partition coefficient (Wildman–Crippen LogP) is 2.29. The van der Waals surface area contributed by atoms with Gasteiger partial charge in [0.05, 0.1) is 6.61 Å². The van der Waals surface area contributed by atoms with Crippen LogP contribution in [0.4, 0.5) is 0 Å². The number of rotatable bonds is 7. The van der Waals surface area contributed by atoms with Crippen LogP contribution in [0.1, 0.15) is 30.1 Å². The summed E-state index contributed by atoms with van der Waals surface area (Å²) in [7, 11) is 0. The molecule has 1 heterocycles. The zero-order chi connectivity index (χ0) is 20.8. The van der Waals surface area contributed by atoms with E-state index in [1.807, 2.05) is 0 Å². The zero-order valence-corrected chi connectivity index (χ0v) is 16.2. The summed E-state index contributed by atoms with van der Waals surface area (Å²) in [6, 6.07) is 9.65. The Kier molecular flexibility index (Phi) is 6.49. The zero-order valence-electron chi connectivity index (χ0n) is 16.2.